The molecule has 1 aromatic rings. The zero-order valence-corrected chi connectivity index (χ0v) is 16.0. The minimum absolute atomic E-state index is 0.131. The van der Waals surface area contributed by atoms with E-state index in [1.54, 1.807) is 24.3 Å². The number of ether oxygens (including phenoxy) is 1. The Labute approximate surface area is 154 Å². The largest absolute Gasteiger partial charge is 0.462 e. The van der Waals surface area contributed by atoms with Crippen LogP contribution in [0.5, 0.6) is 0 Å². The summed E-state index contributed by atoms with van der Waals surface area (Å²) < 4.78 is 5.20. The van der Waals surface area contributed by atoms with Gasteiger partial charge in [0.15, 0.2) is 0 Å². The number of amides is 2. The van der Waals surface area contributed by atoms with E-state index >= 15 is 0 Å². The highest BCUT2D eigenvalue weighted by atomic mass is 16.5. The highest BCUT2D eigenvalue weighted by Gasteiger charge is 2.64. The van der Waals surface area contributed by atoms with Crippen molar-refractivity contribution in [2.75, 3.05) is 11.5 Å². The smallest absolute Gasteiger partial charge is 0.338 e. The minimum Gasteiger partial charge on any atom is -0.462 e. The first-order chi connectivity index (χ1) is 12.2. The normalized spacial score (nSPS) is 26.9. The average Bonchev–Trinajstić information content (AvgIpc) is 2.79. The molecule has 1 aromatic carbocycles. The van der Waals surface area contributed by atoms with Gasteiger partial charge in [-0.15, -0.1) is 0 Å². The van der Waals surface area contributed by atoms with Crippen molar-refractivity contribution in [2.45, 2.75) is 53.4 Å². The molecule has 2 aliphatic rings. The number of hydrogen-bond donors (Lipinski definition) is 0. The fourth-order valence-corrected chi connectivity index (χ4v) is 4.20. The summed E-state index contributed by atoms with van der Waals surface area (Å²) in [6.07, 6.45) is 3.26. The van der Waals surface area contributed by atoms with Gasteiger partial charge < -0.3 is 4.74 Å². The van der Waals surface area contributed by atoms with Gasteiger partial charge in [0.25, 0.3) is 0 Å². The molecule has 1 saturated carbocycles. The summed E-state index contributed by atoms with van der Waals surface area (Å²) in [4.78, 5) is 39.4. The van der Waals surface area contributed by atoms with Gasteiger partial charge in [-0.3, -0.25) is 9.59 Å². The first-order valence-corrected chi connectivity index (χ1v) is 9.39. The van der Waals surface area contributed by atoms with E-state index in [2.05, 4.69) is 0 Å². The van der Waals surface area contributed by atoms with Crippen molar-refractivity contribution in [3.8, 4) is 0 Å². The molecule has 2 unspecified atom stereocenters. The number of carbonyl (C=O) groups is 3. The lowest BCUT2D eigenvalue weighted by atomic mass is 9.62. The van der Waals surface area contributed by atoms with Crippen molar-refractivity contribution < 1.29 is 19.1 Å². The summed E-state index contributed by atoms with van der Waals surface area (Å²) in [5, 5.41) is 0. The molecule has 2 bridgehead atoms. The van der Waals surface area contributed by atoms with Gasteiger partial charge in [0.1, 0.15) is 0 Å². The Bertz CT molecular complexity index is 737. The zero-order chi connectivity index (χ0) is 19.1. The number of unbranched alkanes of at least 4 members (excludes halogenated alkanes) is 1. The van der Waals surface area contributed by atoms with Gasteiger partial charge in [0, 0.05) is 5.92 Å². The molecule has 1 aliphatic carbocycles. The molecule has 0 N–H and O–H groups in total. The second-order valence-electron chi connectivity index (χ2n) is 8.16. The van der Waals surface area contributed by atoms with E-state index in [1.807, 2.05) is 27.7 Å². The summed E-state index contributed by atoms with van der Waals surface area (Å²) in [6, 6.07) is 6.56. The van der Waals surface area contributed by atoms with Crippen LogP contribution in [-0.2, 0) is 14.3 Å². The maximum Gasteiger partial charge on any atom is 0.338 e. The second-order valence-corrected chi connectivity index (χ2v) is 8.16. The first-order valence-electron chi connectivity index (χ1n) is 9.39. The Morgan fingerprint density at radius 3 is 2.46 bits per heavy atom. The van der Waals surface area contributed by atoms with Gasteiger partial charge in [-0.1, -0.05) is 34.1 Å². The van der Waals surface area contributed by atoms with Gasteiger partial charge in [0.05, 0.1) is 23.3 Å². The van der Waals surface area contributed by atoms with Gasteiger partial charge in [-0.05, 0) is 48.9 Å². The topological polar surface area (TPSA) is 63.7 Å². The number of benzene rings is 1. The third-order valence-electron chi connectivity index (χ3n) is 6.51. The van der Waals surface area contributed by atoms with Crippen LogP contribution in [0.1, 0.15) is 63.7 Å². The molecule has 0 spiro atoms. The number of nitrogens with zero attached hydrogens (tertiary/aromatic N) is 1. The number of piperidine rings is 1. The van der Waals surface area contributed by atoms with Gasteiger partial charge >= 0.3 is 5.97 Å². The Morgan fingerprint density at radius 2 is 1.85 bits per heavy atom. The van der Waals surface area contributed by atoms with Crippen LogP contribution < -0.4 is 4.90 Å². The molecule has 5 heteroatoms. The Hall–Kier alpha value is -2.17. The third kappa shape index (κ3) is 2.65. The molecule has 2 amide bonds. The van der Waals surface area contributed by atoms with E-state index in [1.165, 1.54) is 4.90 Å². The number of fused-ring (bicyclic) bond motifs is 2. The lowest BCUT2D eigenvalue weighted by Crippen LogP contribution is -2.59. The number of imide groups is 1. The van der Waals surface area contributed by atoms with E-state index in [4.69, 9.17) is 4.74 Å². The Balaban J connectivity index is 1.83. The Morgan fingerprint density at radius 1 is 1.19 bits per heavy atom. The number of carbonyl (C=O) groups excluding carboxylic acids is 3. The lowest BCUT2D eigenvalue weighted by Gasteiger charge is -2.47. The molecular weight excluding hydrogens is 330 g/mol. The predicted molar refractivity (Wildman–Crippen MR) is 98.7 cm³/mol. The van der Waals surface area contributed by atoms with Crippen molar-refractivity contribution in [2.24, 2.45) is 16.7 Å². The molecule has 5 nitrogen and oxygen atoms in total. The summed E-state index contributed by atoms with van der Waals surface area (Å²) in [5.74, 6) is -0.800. The zero-order valence-electron chi connectivity index (χ0n) is 16.0. The predicted octanol–water partition coefficient (Wildman–Crippen LogP) is 3.96. The average molecular weight is 357 g/mol. The fraction of sp³-hybridized carbons (Fsp3) is 0.571. The van der Waals surface area contributed by atoms with Crippen LogP contribution >= 0.6 is 0 Å². The molecule has 1 aliphatic heterocycles. The van der Waals surface area contributed by atoms with E-state index < -0.39 is 5.41 Å². The van der Waals surface area contributed by atoms with Crippen LogP contribution in [0, 0.1) is 16.7 Å². The Kier molecular flexibility index (Phi) is 4.67. The van der Waals surface area contributed by atoms with Crippen molar-refractivity contribution in [1.29, 1.82) is 0 Å². The molecule has 0 aromatic heterocycles. The molecule has 1 heterocycles. The van der Waals surface area contributed by atoms with Crippen LogP contribution in [0.15, 0.2) is 24.3 Å². The minimum atomic E-state index is -0.538. The number of esters is 1. The highest BCUT2D eigenvalue weighted by molar-refractivity contribution is 6.20. The molecule has 26 heavy (non-hydrogen) atoms. The maximum atomic E-state index is 13.1. The van der Waals surface area contributed by atoms with Crippen molar-refractivity contribution >= 4 is 23.5 Å². The third-order valence-corrected chi connectivity index (χ3v) is 6.51. The number of rotatable bonds is 5. The quantitative estimate of drug-likeness (QED) is 0.455. The summed E-state index contributed by atoms with van der Waals surface area (Å²) in [6.45, 7) is 8.44. The highest BCUT2D eigenvalue weighted by Crippen LogP contribution is 2.60. The van der Waals surface area contributed by atoms with Crippen molar-refractivity contribution in [1.82, 2.24) is 0 Å². The van der Waals surface area contributed by atoms with E-state index in [0.29, 0.717) is 17.9 Å². The van der Waals surface area contributed by atoms with Gasteiger partial charge in [-0.2, -0.15) is 0 Å². The maximum absolute atomic E-state index is 13.1. The van der Waals surface area contributed by atoms with Crippen LogP contribution in [-0.4, -0.2) is 24.4 Å². The van der Waals surface area contributed by atoms with Crippen molar-refractivity contribution in [3.63, 3.8) is 0 Å². The van der Waals surface area contributed by atoms with E-state index in [-0.39, 0.29) is 29.1 Å². The van der Waals surface area contributed by atoms with E-state index in [9.17, 15) is 14.4 Å². The summed E-state index contributed by atoms with van der Waals surface area (Å²) in [7, 11) is 0. The summed E-state index contributed by atoms with van der Waals surface area (Å²) >= 11 is 0. The molecule has 0 radical (unpaired) electrons. The second kappa shape index (κ2) is 6.53. The fourth-order valence-electron chi connectivity index (χ4n) is 4.20. The van der Waals surface area contributed by atoms with Crippen LogP contribution in [0.4, 0.5) is 5.69 Å². The van der Waals surface area contributed by atoms with Crippen LogP contribution in [0.3, 0.4) is 0 Å². The standard InChI is InChI=1S/C21H27NO4/c1-5-6-13-26-18(24)14-7-9-15(10-8-14)22-17(23)16-11-12-21(4,19(22)25)20(16,2)3/h7-10,16H,5-6,11-13H2,1-4H3. The number of anilines is 1. The molecule has 2 atom stereocenters. The van der Waals surface area contributed by atoms with E-state index in [0.717, 1.165) is 25.7 Å². The van der Waals surface area contributed by atoms with Crippen molar-refractivity contribution in [3.05, 3.63) is 29.8 Å². The van der Waals surface area contributed by atoms with Gasteiger partial charge in [0.2, 0.25) is 11.8 Å². The SMILES string of the molecule is CCCCOC(=O)c1ccc(N2C(=O)C3CCC(C)(C2=O)C3(C)C)cc1. The molecule has 1 saturated heterocycles. The number of hydrogen-bond acceptors (Lipinski definition) is 4. The van der Waals surface area contributed by atoms with Crippen LogP contribution in [0.2, 0.25) is 0 Å². The lowest BCUT2D eigenvalue weighted by molar-refractivity contribution is -0.146. The molecular formula is C21H27NO4. The van der Waals surface area contributed by atoms with Crippen LogP contribution in [0.25, 0.3) is 0 Å². The molecule has 2 fully saturated rings. The van der Waals surface area contributed by atoms with Gasteiger partial charge in [-0.25, -0.2) is 9.69 Å². The molecule has 140 valence electrons. The first kappa shape index (κ1) is 18.6. The monoisotopic (exact) mass is 357 g/mol. The summed E-state index contributed by atoms with van der Waals surface area (Å²) in [5.41, 5.74) is 0.0827. The molecule has 3 rings (SSSR count).